The van der Waals surface area contributed by atoms with E-state index < -0.39 is 21.8 Å². The van der Waals surface area contributed by atoms with Crippen molar-refractivity contribution in [3.05, 3.63) is 65.9 Å². The lowest BCUT2D eigenvalue weighted by atomic mass is 10.1. The number of likely N-dealkylation sites (tertiary alicyclic amines) is 1. The van der Waals surface area contributed by atoms with Crippen molar-refractivity contribution in [2.45, 2.75) is 23.8 Å². The van der Waals surface area contributed by atoms with Gasteiger partial charge in [0.15, 0.2) is 9.84 Å². The minimum absolute atomic E-state index is 0.0653. The summed E-state index contributed by atoms with van der Waals surface area (Å²) in [6.07, 6.45) is 5.24. The Labute approximate surface area is 202 Å². The summed E-state index contributed by atoms with van der Waals surface area (Å²) in [5.74, 6) is -0.330. The van der Waals surface area contributed by atoms with Gasteiger partial charge >= 0.3 is 6.03 Å². The smallest absolute Gasteiger partial charge is 0.312 e. The number of amides is 3. The lowest BCUT2D eigenvalue weighted by Gasteiger charge is -2.24. The number of halogens is 1. The van der Waals surface area contributed by atoms with Crippen LogP contribution in [0.15, 0.2) is 65.8 Å². The molecule has 4 rings (SSSR count). The van der Waals surface area contributed by atoms with E-state index in [0.29, 0.717) is 41.2 Å². The molecule has 0 aliphatic carbocycles. The van der Waals surface area contributed by atoms with Gasteiger partial charge in [0.25, 0.3) is 0 Å². The van der Waals surface area contributed by atoms with E-state index in [4.69, 9.17) is 11.6 Å². The highest BCUT2D eigenvalue weighted by molar-refractivity contribution is 7.90. The Morgan fingerprint density at radius 1 is 1.03 bits per heavy atom. The number of rotatable bonds is 5. The highest BCUT2D eigenvalue weighted by Crippen LogP contribution is 2.27. The van der Waals surface area contributed by atoms with Crippen LogP contribution in [-0.4, -0.2) is 54.1 Å². The zero-order valence-corrected chi connectivity index (χ0v) is 19.8. The second-order valence-corrected chi connectivity index (χ2v) is 10.3. The van der Waals surface area contributed by atoms with Gasteiger partial charge in [0.1, 0.15) is 6.04 Å². The SMILES string of the molecule is CS(=O)(=O)c1ccccc1-c1cnc(NC(=O)C2CCCN2C(=O)Nc2ccc(Cl)cc2)nc1. The Morgan fingerprint density at radius 3 is 2.38 bits per heavy atom. The van der Waals surface area contributed by atoms with Crippen molar-refractivity contribution in [3.8, 4) is 11.1 Å². The molecule has 2 aromatic carbocycles. The summed E-state index contributed by atoms with van der Waals surface area (Å²) in [5.41, 5.74) is 1.56. The number of sulfone groups is 1. The Morgan fingerprint density at radius 2 is 1.71 bits per heavy atom. The van der Waals surface area contributed by atoms with Gasteiger partial charge in [0.2, 0.25) is 11.9 Å². The first kappa shape index (κ1) is 23.7. The molecule has 0 saturated carbocycles. The molecule has 1 aliphatic heterocycles. The minimum atomic E-state index is -3.44. The van der Waals surface area contributed by atoms with Gasteiger partial charge in [-0.15, -0.1) is 0 Å². The van der Waals surface area contributed by atoms with Crippen LogP contribution in [0.25, 0.3) is 11.1 Å². The number of anilines is 2. The minimum Gasteiger partial charge on any atom is -0.312 e. The summed E-state index contributed by atoms with van der Waals surface area (Å²) in [4.78, 5) is 35.5. The maximum atomic E-state index is 12.9. The number of nitrogens with one attached hydrogen (secondary N) is 2. The molecule has 176 valence electrons. The van der Waals surface area contributed by atoms with Gasteiger partial charge in [-0.1, -0.05) is 29.8 Å². The standard InChI is InChI=1S/C23H22ClN5O4S/c1-34(32,33)20-7-3-2-5-18(20)15-13-25-22(26-14-15)28-21(30)19-6-4-12-29(19)23(31)27-17-10-8-16(24)9-11-17/h2-3,5,7-11,13-14,19H,4,6,12H2,1H3,(H,27,31)(H,25,26,28,30). The monoisotopic (exact) mass is 499 g/mol. The van der Waals surface area contributed by atoms with Crippen LogP contribution in [0, 0.1) is 0 Å². The van der Waals surface area contributed by atoms with Gasteiger partial charge in [-0.25, -0.2) is 23.2 Å². The zero-order valence-electron chi connectivity index (χ0n) is 18.2. The van der Waals surface area contributed by atoms with Crippen molar-refractivity contribution < 1.29 is 18.0 Å². The second kappa shape index (κ2) is 9.78. The van der Waals surface area contributed by atoms with E-state index >= 15 is 0 Å². The van der Waals surface area contributed by atoms with Crippen molar-refractivity contribution in [1.29, 1.82) is 0 Å². The predicted molar refractivity (Wildman–Crippen MR) is 129 cm³/mol. The summed E-state index contributed by atoms with van der Waals surface area (Å²) >= 11 is 5.87. The Balaban J connectivity index is 1.44. The molecule has 34 heavy (non-hydrogen) atoms. The molecule has 3 aromatic rings. The molecule has 1 aromatic heterocycles. The molecule has 1 aliphatic rings. The van der Waals surface area contributed by atoms with E-state index in [1.54, 1.807) is 42.5 Å². The molecule has 1 fully saturated rings. The first-order chi connectivity index (χ1) is 16.2. The van der Waals surface area contributed by atoms with Gasteiger partial charge < -0.3 is 10.2 Å². The van der Waals surface area contributed by atoms with Crippen LogP contribution in [0.4, 0.5) is 16.4 Å². The van der Waals surface area contributed by atoms with Crippen LogP contribution in [0.2, 0.25) is 5.02 Å². The largest absolute Gasteiger partial charge is 0.322 e. The number of hydrogen-bond donors (Lipinski definition) is 2. The first-order valence-electron chi connectivity index (χ1n) is 10.5. The third-order valence-corrected chi connectivity index (χ3v) is 6.80. The van der Waals surface area contributed by atoms with Crippen LogP contribution < -0.4 is 10.6 Å². The van der Waals surface area contributed by atoms with Crippen molar-refractivity contribution in [2.24, 2.45) is 0 Å². The Kier molecular flexibility index (Phi) is 6.80. The third kappa shape index (κ3) is 5.35. The number of hydrogen-bond acceptors (Lipinski definition) is 6. The van der Waals surface area contributed by atoms with Gasteiger partial charge in [-0.3, -0.25) is 10.1 Å². The molecule has 0 radical (unpaired) electrons. The summed E-state index contributed by atoms with van der Waals surface area (Å²) in [6.45, 7) is 0.444. The molecular weight excluding hydrogens is 478 g/mol. The van der Waals surface area contributed by atoms with Gasteiger partial charge in [0.05, 0.1) is 4.90 Å². The molecule has 2 heterocycles. The van der Waals surface area contributed by atoms with Gasteiger partial charge in [-0.2, -0.15) is 0 Å². The predicted octanol–water partition coefficient (Wildman–Crippen LogP) is 3.84. The van der Waals surface area contributed by atoms with E-state index in [0.717, 1.165) is 6.26 Å². The average molecular weight is 500 g/mol. The zero-order chi connectivity index (χ0) is 24.3. The molecule has 2 N–H and O–H groups in total. The number of carbonyl (C=O) groups excluding carboxylic acids is 2. The molecule has 0 spiro atoms. The topological polar surface area (TPSA) is 121 Å². The van der Waals surface area contributed by atoms with Crippen molar-refractivity contribution in [2.75, 3.05) is 23.4 Å². The van der Waals surface area contributed by atoms with E-state index in [1.807, 2.05) is 0 Å². The van der Waals surface area contributed by atoms with Crippen molar-refractivity contribution in [1.82, 2.24) is 14.9 Å². The molecule has 3 amide bonds. The Hall–Kier alpha value is -3.50. The van der Waals surface area contributed by atoms with Crippen LogP contribution in [0.5, 0.6) is 0 Å². The van der Waals surface area contributed by atoms with Crippen LogP contribution in [-0.2, 0) is 14.6 Å². The average Bonchev–Trinajstić information content (AvgIpc) is 3.31. The molecular formula is C23H22ClN5O4S. The van der Waals surface area contributed by atoms with Gasteiger partial charge in [-0.05, 0) is 43.2 Å². The lowest BCUT2D eigenvalue weighted by Crippen LogP contribution is -2.45. The quantitative estimate of drug-likeness (QED) is 0.550. The highest BCUT2D eigenvalue weighted by Gasteiger charge is 2.34. The molecule has 9 nitrogen and oxygen atoms in total. The fourth-order valence-corrected chi connectivity index (χ4v) is 4.80. The summed E-state index contributed by atoms with van der Waals surface area (Å²) in [6, 6.07) is 12.2. The number of urea groups is 1. The third-order valence-electron chi connectivity index (χ3n) is 5.40. The summed E-state index contributed by atoms with van der Waals surface area (Å²) < 4.78 is 24.1. The van der Waals surface area contributed by atoms with Crippen molar-refractivity contribution in [3.63, 3.8) is 0 Å². The fraction of sp³-hybridized carbons (Fsp3) is 0.217. The molecule has 11 heteroatoms. The number of aromatic nitrogens is 2. The summed E-state index contributed by atoms with van der Waals surface area (Å²) in [7, 11) is -3.44. The highest BCUT2D eigenvalue weighted by atomic mass is 35.5. The molecule has 1 saturated heterocycles. The number of carbonyl (C=O) groups is 2. The molecule has 0 bridgehead atoms. The van der Waals surface area contributed by atoms with E-state index in [1.165, 1.54) is 23.4 Å². The Bertz CT molecular complexity index is 1310. The first-order valence-corrected chi connectivity index (χ1v) is 12.7. The number of nitrogens with zero attached hydrogens (tertiary/aromatic N) is 3. The molecule has 1 atom stereocenters. The van der Waals surface area contributed by atoms with Crippen LogP contribution >= 0.6 is 11.6 Å². The summed E-state index contributed by atoms with van der Waals surface area (Å²) in [5, 5.41) is 5.97. The van der Waals surface area contributed by atoms with Gasteiger partial charge in [0, 0.05) is 47.0 Å². The van der Waals surface area contributed by atoms with Crippen molar-refractivity contribution >= 4 is 45.0 Å². The van der Waals surface area contributed by atoms with Crippen LogP contribution in [0.3, 0.4) is 0 Å². The normalized spacial score (nSPS) is 15.7. The second-order valence-electron chi connectivity index (χ2n) is 7.84. The maximum absolute atomic E-state index is 12.9. The maximum Gasteiger partial charge on any atom is 0.322 e. The fourth-order valence-electron chi connectivity index (χ4n) is 3.76. The molecule has 1 unspecified atom stereocenters. The number of benzene rings is 2. The van der Waals surface area contributed by atoms with E-state index in [-0.39, 0.29) is 16.9 Å². The van der Waals surface area contributed by atoms with E-state index in [9.17, 15) is 18.0 Å². The van der Waals surface area contributed by atoms with E-state index in [2.05, 4.69) is 20.6 Å². The van der Waals surface area contributed by atoms with Crippen LogP contribution in [0.1, 0.15) is 12.8 Å². The lowest BCUT2D eigenvalue weighted by molar-refractivity contribution is -0.119.